The molecule has 0 atom stereocenters. The van der Waals surface area contributed by atoms with Gasteiger partial charge in [-0.15, -0.1) is 0 Å². The van der Waals surface area contributed by atoms with Crippen LogP contribution in [0.5, 0.6) is 11.5 Å². The number of amides is 1. The van der Waals surface area contributed by atoms with Crippen LogP contribution in [0.4, 0.5) is 5.82 Å². The molecule has 0 saturated heterocycles. The maximum atomic E-state index is 12.5. The fourth-order valence-corrected chi connectivity index (χ4v) is 3.48. The average Bonchev–Trinajstić information content (AvgIpc) is 3.31. The van der Waals surface area contributed by atoms with Gasteiger partial charge in [-0.25, -0.2) is 4.79 Å². The van der Waals surface area contributed by atoms with Gasteiger partial charge in [-0.3, -0.25) is 9.36 Å². The molecule has 0 unspecified atom stereocenters. The molecular weight excluding hydrogens is 410 g/mol. The molecule has 164 valence electrons. The van der Waals surface area contributed by atoms with Crippen molar-refractivity contribution in [1.82, 2.24) is 19.9 Å². The maximum absolute atomic E-state index is 12.5. The van der Waals surface area contributed by atoms with Gasteiger partial charge in [0.1, 0.15) is 11.5 Å². The molecule has 4 aromatic rings. The van der Waals surface area contributed by atoms with Crippen LogP contribution < -0.4 is 26.2 Å². The monoisotopic (exact) mass is 433 g/mol. The first-order valence-electron chi connectivity index (χ1n) is 9.96. The normalized spacial score (nSPS) is 10.8. The highest BCUT2D eigenvalue weighted by molar-refractivity contribution is 5.93. The summed E-state index contributed by atoms with van der Waals surface area (Å²) in [5.41, 5.74) is 8.40. The third-order valence-electron chi connectivity index (χ3n) is 5.15. The van der Waals surface area contributed by atoms with Gasteiger partial charge in [-0.05, 0) is 23.8 Å². The second-order valence-electron chi connectivity index (χ2n) is 7.06. The minimum absolute atomic E-state index is 0.167. The SMILES string of the molecule is COc1cc2nc(=O)n(CCNC(=O)c3ccc(-c4ccccc4)[nH]3)c(N)c2cc1OC. The summed E-state index contributed by atoms with van der Waals surface area (Å²) in [6, 6.07) is 16.6. The van der Waals surface area contributed by atoms with Crippen molar-refractivity contribution >= 4 is 22.6 Å². The third kappa shape index (κ3) is 4.00. The zero-order chi connectivity index (χ0) is 22.7. The summed E-state index contributed by atoms with van der Waals surface area (Å²) < 4.78 is 11.9. The van der Waals surface area contributed by atoms with Crippen molar-refractivity contribution in [3.8, 4) is 22.8 Å². The van der Waals surface area contributed by atoms with Crippen molar-refractivity contribution in [2.75, 3.05) is 26.5 Å². The van der Waals surface area contributed by atoms with Gasteiger partial charge in [-0.1, -0.05) is 30.3 Å². The Kier molecular flexibility index (Phi) is 5.80. The van der Waals surface area contributed by atoms with Crippen molar-refractivity contribution < 1.29 is 14.3 Å². The van der Waals surface area contributed by atoms with Crippen molar-refractivity contribution in [2.45, 2.75) is 6.54 Å². The quantitative estimate of drug-likeness (QED) is 0.411. The van der Waals surface area contributed by atoms with E-state index in [0.29, 0.717) is 28.1 Å². The lowest BCUT2D eigenvalue weighted by Gasteiger charge is -2.14. The van der Waals surface area contributed by atoms with Gasteiger partial charge in [0.05, 0.1) is 19.7 Å². The highest BCUT2D eigenvalue weighted by atomic mass is 16.5. The molecule has 9 heteroatoms. The van der Waals surface area contributed by atoms with E-state index in [-0.39, 0.29) is 24.8 Å². The number of carbonyl (C=O) groups excluding carboxylic acids is 1. The maximum Gasteiger partial charge on any atom is 0.349 e. The first kappa shape index (κ1) is 21.0. The van der Waals surface area contributed by atoms with E-state index in [1.807, 2.05) is 36.4 Å². The van der Waals surface area contributed by atoms with Gasteiger partial charge in [0.25, 0.3) is 5.91 Å². The van der Waals surface area contributed by atoms with Gasteiger partial charge in [0, 0.05) is 30.2 Å². The number of rotatable bonds is 7. The summed E-state index contributed by atoms with van der Waals surface area (Å²) in [6.45, 7) is 0.364. The highest BCUT2D eigenvalue weighted by Gasteiger charge is 2.14. The summed E-state index contributed by atoms with van der Waals surface area (Å²) in [4.78, 5) is 32.2. The molecule has 2 aromatic heterocycles. The number of aromatic nitrogens is 3. The summed E-state index contributed by atoms with van der Waals surface area (Å²) in [5, 5.41) is 3.36. The topological polar surface area (TPSA) is 124 Å². The molecule has 1 amide bonds. The minimum Gasteiger partial charge on any atom is -0.493 e. The Morgan fingerprint density at radius 3 is 2.53 bits per heavy atom. The number of methoxy groups -OCH3 is 2. The van der Waals surface area contributed by atoms with E-state index < -0.39 is 5.69 Å². The number of nitrogen functional groups attached to an aromatic ring is 1. The van der Waals surface area contributed by atoms with Crippen molar-refractivity contribution in [3.63, 3.8) is 0 Å². The Morgan fingerprint density at radius 1 is 1.09 bits per heavy atom. The van der Waals surface area contributed by atoms with Crippen LogP contribution in [0, 0.1) is 0 Å². The van der Waals surface area contributed by atoms with Crippen LogP contribution in [0.1, 0.15) is 10.5 Å². The van der Waals surface area contributed by atoms with Gasteiger partial charge in [0.2, 0.25) is 0 Å². The molecular formula is C23H23N5O4. The van der Waals surface area contributed by atoms with E-state index in [1.165, 1.54) is 18.8 Å². The van der Waals surface area contributed by atoms with E-state index >= 15 is 0 Å². The summed E-state index contributed by atoms with van der Waals surface area (Å²) in [6.07, 6.45) is 0. The molecule has 0 aliphatic heterocycles. The Bertz CT molecular complexity index is 1330. The van der Waals surface area contributed by atoms with E-state index in [2.05, 4.69) is 15.3 Å². The molecule has 0 fully saturated rings. The molecule has 0 bridgehead atoms. The number of nitrogens with zero attached hydrogens (tertiary/aromatic N) is 2. The van der Waals surface area contributed by atoms with E-state index in [9.17, 15) is 9.59 Å². The predicted octanol–water partition coefficient (Wildman–Crippen LogP) is 2.42. The Hall–Kier alpha value is -4.27. The van der Waals surface area contributed by atoms with Crippen LogP contribution in [0.25, 0.3) is 22.2 Å². The average molecular weight is 433 g/mol. The van der Waals surface area contributed by atoms with Crippen LogP contribution in [-0.4, -0.2) is 41.2 Å². The molecule has 0 aliphatic rings. The number of H-pyrrole nitrogens is 1. The minimum atomic E-state index is -0.511. The number of hydrogen-bond acceptors (Lipinski definition) is 6. The first-order valence-corrected chi connectivity index (χ1v) is 9.96. The second kappa shape index (κ2) is 8.84. The number of aromatic amines is 1. The van der Waals surface area contributed by atoms with Crippen LogP contribution in [0.15, 0.2) is 59.4 Å². The predicted molar refractivity (Wildman–Crippen MR) is 122 cm³/mol. The van der Waals surface area contributed by atoms with Crippen molar-refractivity contribution in [2.24, 2.45) is 0 Å². The van der Waals surface area contributed by atoms with Crippen molar-refractivity contribution in [1.29, 1.82) is 0 Å². The van der Waals surface area contributed by atoms with Gasteiger partial charge in [0.15, 0.2) is 11.5 Å². The zero-order valence-electron chi connectivity index (χ0n) is 17.7. The molecule has 9 nitrogen and oxygen atoms in total. The Labute approximate surface area is 183 Å². The molecule has 0 aliphatic carbocycles. The zero-order valence-corrected chi connectivity index (χ0v) is 17.7. The number of hydrogen-bond donors (Lipinski definition) is 3. The Balaban J connectivity index is 1.49. The van der Waals surface area contributed by atoms with Gasteiger partial charge in [-0.2, -0.15) is 4.98 Å². The molecule has 2 aromatic carbocycles. The molecule has 32 heavy (non-hydrogen) atoms. The summed E-state index contributed by atoms with van der Waals surface area (Å²) in [5.74, 6) is 0.894. The second-order valence-corrected chi connectivity index (χ2v) is 7.06. The van der Waals surface area contributed by atoms with Gasteiger partial charge < -0.3 is 25.5 Å². The standard InChI is InChI=1S/C23H23N5O4/c1-31-19-12-15-18(13-20(19)32-2)27-23(30)28(21(15)24)11-10-25-22(29)17-9-8-16(26-17)14-6-4-3-5-7-14/h3-9,12-13,26H,10-11,24H2,1-2H3,(H,25,29). The lowest BCUT2D eigenvalue weighted by molar-refractivity contribution is 0.0948. The summed E-state index contributed by atoms with van der Waals surface area (Å²) >= 11 is 0. The first-order chi connectivity index (χ1) is 15.5. The van der Waals surface area contributed by atoms with E-state index in [4.69, 9.17) is 15.2 Å². The molecule has 4 rings (SSSR count). The number of nitrogens with two attached hydrogens (primary N) is 1. The van der Waals surface area contributed by atoms with Gasteiger partial charge >= 0.3 is 5.69 Å². The number of benzene rings is 2. The fourth-order valence-electron chi connectivity index (χ4n) is 3.48. The molecule has 4 N–H and O–H groups in total. The largest absolute Gasteiger partial charge is 0.493 e. The van der Waals surface area contributed by atoms with Crippen LogP contribution >= 0.6 is 0 Å². The van der Waals surface area contributed by atoms with Crippen molar-refractivity contribution in [3.05, 3.63) is 70.8 Å². The smallest absolute Gasteiger partial charge is 0.349 e. The lowest BCUT2D eigenvalue weighted by atomic mass is 10.2. The Morgan fingerprint density at radius 2 is 1.81 bits per heavy atom. The number of carbonyl (C=O) groups is 1. The number of fused-ring (bicyclic) bond motifs is 1. The number of nitrogens with one attached hydrogen (secondary N) is 2. The molecule has 0 radical (unpaired) electrons. The molecule has 0 spiro atoms. The number of anilines is 1. The number of ether oxygens (including phenoxy) is 2. The highest BCUT2D eigenvalue weighted by Crippen LogP contribution is 2.32. The van der Waals surface area contributed by atoms with Crippen LogP contribution in [0.3, 0.4) is 0 Å². The van der Waals surface area contributed by atoms with E-state index in [0.717, 1.165) is 11.3 Å². The van der Waals surface area contributed by atoms with E-state index in [1.54, 1.807) is 18.2 Å². The molecule has 2 heterocycles. The summed E-state index contributed by atoms with van der Waals surface area (Å²) in [7, 11) is 3.02. The lowest BCUT2D eigenvalue weighted by Crippen LogP contribution is -2.33. The third-order valence-corrected chi connectivity index (χ3v) is 5.15. The fraction of sp³-hybridized carbons (Fsp3) is 0.174. The van der Waals surface area contributed by atoms with Crippen LogP contribution in [-0.2, 0) is 6.54 Å². The molecule has 0 saturated carbocycles. The van der Waals surface area contributed by atoms with Crippen LogP contribution in [0.2, 0.25) is 0 Å².